The van der Waals surface area contributed by atoms with Gasteiger partial charge in [0.1, 0.15) is 5.58 Å². The molecule has 0 saturated carbocycles. The zero-order valence-corrected chi connectivity index (χ0v) is 28.4. The summed E-state index contributed by atoms with van der Waals surface area (Å²) >= 11 is 0. The molecule has 6 rings (SSSR count). The Hall–Kier alpha value is -3.44. The summed E-state index contributed by atoms with van der Waals surface area (Å²) in [6.45, 7) is 8.29. The largest absolute Gasteiger partial charge is 0.500 e. The van der Waals surface area contributed by atoms with Crippen LogP contribution in [-0.4, -0.2) is 18.0 Å². The van der Waals surface area contributed by atoms with Crippen LogP contribution in [0.15, 0.2) is 83.5 Å². The number of pyridine rings is 2. The van der Waals surface area contributed by atoms with Gasteiger partial charge in [0.2, 0.25) is 0 Å². The number of aryl methyl sites for hydroxylation is 2. The molecule has 0 aliphatic heterocycles. The molecule has 3 aromatic heterocycles. The number of fused-ring (bicyclic) bond motifs is 3. The summed E-state index contributed by atoms with van der Waals surface area (Å²) in [7, 11) is -1.85. The molecule has 0 saturated heterocycles. The summed E-state index contributed by atoms with van der Waals surface area (Å²) in [5, 5.41) is 2.07. The topological polar surface area (TPSA) is 38.9 Å². The average Bonchev–Trinajstić information content (AvgIpc) is 3.40. The van der Waals surface area contributed by atoms with Crippen molar-refractivity contribution in [2.24, 2.45) is 0 Å². The Labute approximate surface area is 277 Å². The molecule has 0 fully saturated rings. The number of hydrogen-bond donors (Lipinski definition) is 0. The normalized spacial score (nSPS) is 14.3. The van der Waals surface area contributed by atoms with Gasteiger partial charge in [-0.3, -0.25) is 4.39 Å². The Morgan fingerprint density at radius 2 is 1.70 bits per heavy atom. The molecule has 1 radical (unpaired) electrons. The van der Waals surface area contributed by atoms with E-state index in [-0.39, 0.29) is 36.9 Å². The van der Waals surface area contributed by atoms with E-state index in [9.17, 15) is 4.39 Å². The van der Waals surface area contributed by atoms with Crippen LogP contribution in [0, 0.1) is 31.7 Å². The van der Waals surface area contributed by atoms with E-state index >= 15 is 0 Å². The molecule has 43 heavy (non-hydrogen) atoms. The monoisotopic (exact) mass is 771 g/mol. The molecule has 0 atom stereocenters. The van der Waals surface area contributed by atoms with Gasteiger partial charge in [0.05, 0.1) is 13.7 Å². The quantitative estimate of drug-likeness (QED) is 0.133. The van der Waals surface area contributed by atoms with Crippen LogP contribution in [0.3, 0.4) is 0 Å². The van der Waals surface area contributed by atoms with Gasteiger partial charge in [-0.2, -0.15) is 0 Å². The Kier molecular flexibility index (Phi) is 7.34. The number of halogens is 1. The smallest absolute Gasteiger partial charge is 0.121 e. The van der Waals surface area contributed by atoms with Crippen LogP contribution >= 0.6 is 0 Å². The number of nitrogens with zero attached hydrogens (tertiary/aromatic N) is 2. The SMILES string of the molecule is CC(C)(C)c1ccnc(-c2[c-]cc(F)c3c2oc2ccccc23)c1.[2H]C([2H])([2H])c1c[c-]c(-c2cc(C([2H])([2H])[2H])c([Si](C)(C)C)cn2)cc1.[Ir]. The van der Waals surface area contributed by atoms with Crippen molar-refractivity contribution in [2.75, 3.05) is 0 Å². The first kappa shape index (κ1) is 24.9. The standard InChI is InChI=1S/C21H17FNO.C16H20NSi.Ir/c1-21(2,3)13-10-11-23-17(12-13)14-8-9-16(22)19-15-6-4-5-7-18(15)24-20(14)19;1-12-6-8-14(9-7-12)15-10-13(2)16(11-17-15)18(3,4)5;/h4-7,9-12H,1-3H3;6-8,10-11H,1-5H3;/q2*-1;/i;1D3,2D3;. The molecule has 0 aliphatic carbocycles. The molecular weight excluding hydrogens is 728 g/mol. The first-order valence-corrected chi connectivity index (χ1v) is 17.3. The van der Waals surface area contributed by atoms with Gasteiger partial charge in [-0.15, -0.1) is 47.5 Å². The van der Waals surface area contributed by atoms with Gasteiger partial charge in [0.25, 0.3) is 0 Å². The van der Waals surface area contributed by atoms with E-state index in [1.807, 2.05) is 36.4 Å². The molecule has 0 amide bonds. The van der Waals surface area contributed by atoms with E-state index < -0.39 is 21.8 Å². The number of para-hydroxylation sites is 1. The molecule has 223 valence electrons. The molecule has 0 bridgehead atoms. The summed E-state index contributed by atoms with van der Waals surface area (Å²) in [5.74, 6) is -0.328. The van der Waals surface area contributed by atoms with Crippen molar-refractivity contribution in [1.82, 2.24) is 9.97 Å². The number of rotatable bonds is 3. The van der Waals surface area contributed by atoms with E-state index in [4.69, 9.17) is 12.6 Å². The molecule has 0 spiro atoms. The Morgan fingerprint density at radius 3 is 2.37 bits per heavy atom. The third-order valence-corrected chi connectivity index (χ3v) is 9.10. The van der Waals surface area contributed by atoms with Crippen molar-refractivity contribution in [2.45, 2.75) is 59.5 Å². The van der Waals surface area contributed by atoms with Crippen molar-refractivity contribution in [1.29, 1.82) is 0 Å². The number of hydrogen-bond acceptors (Lipinski definition) is 3. The van der Waals surface area contributed by atoms with Gasteiger partial charge in [-0.25, -0.2) is 0 Å². The van der Waals surface area contributed by atoms with Crippen molar-refractivity contribution >= 4 is 35.2 Å². The molecule has 3 heterocycles. The average molecular weight is 771 g/mol. The van der Waals surface area contributed by atoms with Gasteiger partial charge in [-0.05, 0) is 51.9 Å². The number of aromatic nitrogens is 2. The summed E-state index contributed by atoms with van der Waals surface area (Å²) in [6, 6.07) is 24.9. The van der Waals surface area contributed by atoms with E-state index in [2.05, 4.69) is 62.5 Å². The molecule has 0 N–H and O–H groups in total. The van der Waals surface area contributed by atoms with Crippen molar-refractivity contribution < 1.29 is 37.1 Å². The Bertz CT molecular complexity index is 2100. The maximum absolute atomic E-state index is 14.4. The number of benzene rings is 3. The van der Waals surface area contributed by atoms with E-state index in [1.165, 1.54) is 18.2 Å². The molecule has 0 unspecified atom stereocenters. The van der Waals surface area contributed by atoms with Crippen LogP contribution in [0.25, 0.3) is 44.5 Å². The van der Waals surface area contributed by atoms with Gasteiger partial charge in [-0.1, -0.05) is 88.7 Å². The van der Waals surface area contributed by atoms with Gasteiger partial charge in [0.15, 0.2) is 0 Å². The fourth-order valence-electron chi connectivity index (χ4n) is 4.74. The maximum Gasteiger partial charge on any atom is 0.121 e. The van der Waals surface area contributed by atoms with E-state index in [0.29, 0.717) is 38.9 Å². The minimum absolute atomic E-state index is 0. The molecule has 6 heteroatoms. The fourth-order valence-corrected chi connectivity index (χ4v) is 6.07. The first-order valence-electron chi connectivity index (χ1n) is 16.8. The van der Waals surface area contributed by atoms with E-state index in [0.717, 1.165) is 21.8 Å². The van der Waals surface area contributed by atoms with Crippen LogP contribution < -0.4 is 5.19 Å². The summed E-state index contributed by atoms with van der Waals surface area (Å²) in [4.78, 5) is 8.85. The second kappa shape index (κ2) is 12.7. The van der Waals surface area contributed by atoms with Gasteiger partial charge >= 0.3 is 0 Å². The van der Waals surface area contributed by atoms with Crippen molar-refractivity contribution in [3.63, 3.8) is 0 Å². The predicted octanol–water partition coefficient (Wildman–Crippen LogP) is 9.59. The second-order valence-corrected chi connectivity index (χ2v) is 17.4. The Balaban J connectivity index is 0.000000216. The minimum Gasteiger partial charge on any atom is -0.500 e. The third kappa shape index (κ3) is 7.04. The number of furan rings is 1. The van der Waals surface area contributed by atoms with Crippen LogP contribution in [0.5, 0.6) is 0 Å². The van der Waals surface area contributed by atoms with Crippen molar-refractivity contribution in [3.8, 4) is 22.5 Å². The summed E-state index contributed by atoms with van der Waals surface area (Å²) in [6.07, 6.45) is 3.43. The van der Waals surface area contributed by atoms with Gasteiger partial charge in [0, 0.05) is 51.9 Å². The first-order chi connectivity index (χ1) is 22.2. The summed E-state index contributed by atoms with van der Waals surface area (Å²) < 4.78 is 65.9. The van der Waals surface area contributed by atoms with Crippen molar-refractivity contribution in [3.05, 3.63) is 114 Å². The second-order valence-electron chi connectivity index (χ2n) is 12.3. The van der Waals surface area contributed by atoms with Crippen LogP contribution in [0.2, 0.25) is 19.6 Å². The maximum atomic E-state index is 14.4. The minimum atomic E-state index is -2.22. The molecule has 3 aromatic carbocycles. The molecular formula is C37H37FIrN2OSi-2. The molecule has 6 aromatic rings. The zero-order chi connectivity index (χ0) is 35.2. The Morgan fingerprint density at radius 1 is 0.907 bits per heavy atom. The van der Waals surface area contributed by atoms with E-state index in [1.54, 1.807) is 24.5 Å². The molecule has 0 aliphatic rings. The van der Waals surface area contributed by atoms with Crippen LogP contribution in [-0.2, 0) is 25.5 Å². The fraction of sp³-hybridized carbons (Fsp3) is 0.243. The summed E-state index contributed by atoms with van der Waals surface area (Å²) in [5.41, 5.74) is 5.34. The van der Waals surface area contributed by atoms with Gasteiger partial charge < -0.3 is 14.4 Å². The van der Waals surface area contributed by atoms with Crippen LogP contribution in [0.1, 0.15) is 45.7 Å². The zero-order valence-electron chi connectivity index (χ0n) is 31.0. The predicted molar refractivity (Wildman–Crippen MR) is 175 cm³/mol. The third-order valence-electron chi connectivity index (χ3n) is 7.09. The van der Waals surface area contributed by atoms with Crippen LogP contribution in [0.4, 0.5) is 4.39 Å². The molecule has 3 nitrogen and oxygen atoms in total.